The number of benzene rings is 2. The van der Waals surface area contributed by atoms with Crippen molar-refractivity contribution in [1.29, 1.82) is 0 Å². The number of carbonyl (C=O) groups is 1. The molecule has 0 atom stereocenters. The van der Waals surface area contributed by atoms with Crippen molar-refractivity contribution in [3.8, 4) is 0 Å². The number of hydrogen-bond acceptors (Lipinski definition) is 4. The van der Waals surface area contributed by atoms with E-state index >= 15 is 0 Å². The summed E-state index contributed by atoms with van der Waals surface area (Å²) in [6.07, 6.45) is -1.06. The first kappa shape index (κ1) is 19.9. The molecule has 2 aromatic rings. The highest BCUT2D eigenvalue weighted by Crippen LogP contribution is 2.37. The zero-order chi connectivity index (χ0) is 19.5. The van der Waals surface area contributed by atoms with E-state index in [1.807, 2.05) is 52.0 Å². The van der Waals surface area contributed by atoms with Crippen LogP contribution in [0, 0.1) is 0 Å². The zero-order valence-electron chi connectivity index (χ0n) is 15.3. The number of hydrogen-bond donors (Lipinski definition) is 1. The van der Waals surface area contributed by atoms with Gasteiger partial charge in [0.05, 0.1) is 11.4 Å². The van der Waals surface area contributed by atoms with Crippen LogP contribution in [0.15, 0.2) is 48.5 Å². The highest BCUT2D eigenvalue weighted by atomic mass is 32.2. The van der Waals surface area contributed by atoms with Crippen LogP contribution in [-0.4, -0.2) is 14.5 Å². The molecule has 0 aliphatic rings. The van der Waals surface area contributed by atoms with Gasteiger partial charge in [0, 0.05) is 0 Å². The lowest BCUT2D eigenvalue weighted by Crippen LogP contribution is -2.33. The Morgan fingerprint density at radius 1 is 0.885 bits per heavy atom. The van der Waals surface area contributed by atoms with Crippen LogP contribution in [-0.2, 0) is 14.5 Å². The van der Waals surface area contributed by atoms with Gasteiger partial charge in [-0.15, -0.1) is 0 Å². The molecule has 0 spiro atoms. The first-order valence-electron chi connectivity index (χ1n) is 8.36. The number of anilines is 2. The molecular formula is C19H24N2O4S. The van der Waals surface area contributed by atoms with Crippen molar-refractivity contribution in [2.24, 2.45) is 5.14 Å². The van der Waals surface area contributed by atoms with Gasteiger partial charge in [-0.25, -0.2) is 9.69 Å². The zero-order valence-corrected chi connectivity index (χ0v) is 16.2. The van der Waals surface area contributed by atoms with Gasteiger partial charge in [0.1, 0.15) is 0 Å². The highest BCUT2D eigenvalue weighted by molar-refractivity contribution is 7.84. The second-order valence-electron chi connectivity index (χ2n) is 6.60. The molecule has 2 rings (SSSR count). The lowest BCUT2D eigenvalue weighted by molar-refractivity contribution is 0.212. The third kappa shape index (κ3) is 4.62. The smallest absolute Gasteiger partial charge is 0.315 e. The monoisotopic (exact) mass is 376 g/mol. The van der Waals surface area contributed by atoms with Gasteiger partial charge < -0.3 is 4.18 Å². The lowest BCUT2D eigenvalue weighted by Gasteiger charge is -2.28. The topological polar surface area (TPSA) is 89.7 Å². The first-order valence-corrected chi connectivity index (χ1v) is 9.83. The van der Waals surface area contributed by atoms with Crippen molar-refractivity contribution in [1.82, 2.24) is 0 Å². The highest BCUT2D eigenvalue weighted by Gasteiger charge is 2.28. The average Bonchev–Trinajstić information content (AvgIpc) is 2.54. The van der Waals surface area contributed by atoms with Crippen molar-refractivity contribution < 1.29 is 17.4 Å². The summed E-state index contributed by atoms with van der Waals surface area (Å²) < 4.78 is 27.2. The number of nitrogens with zero attached hydrogens (tertiary/aromatic N) is 1. The molecule has 0 aliphatic heterocycles. The van der Waals surface area contributed by atoms with E-state index in [1.165, 1.54) is 4.90 Å². The number of amides is 1. The Balaban J connectivity index is 2.71. The van der Waals surface area contributed by atoms with Crippen molar-refractivity contribution in [2.75, 3.05) is 4.90 Å². The van der Waals surface area contributed by atoms with Crippen LogP contribution in [0.2, 0.25) is 0 Å². The van der Waals surface area contributed by atoms with E-state index in [-0.39, 0.29) is 11.8 Å². The molecule has 2 N–H and O–H groups in total. The predicted octanol–water partition coefficient (Wildman–Crippen LogP) is 4.41. The average molecular weight is 376 g/mol. The van der Waals surface area contributed by atoms with Crippen molar-refractivity contribution >= 4 is 27.8 Å². The summed E-state index contributed by atoms with van der Waals surface area (Å²) in [4.78, 5) is 14.0. The number of carbonyl (C=O) groups excluding carboxylic acids is 1. The number of nitrogens with two attached hydrogens (primary N) is 1. The van der Waals surface area contributed by atoms with E-state index in [0.29, 0.717) is 11.4 Å². The summed E-state index contributed by atoms with van der Waals surface area (Å²) in [5.41, 5.74) is 2.89. The molecule has 0 radical (unpaired) electrons. The van der Waals surface area contributed by atoms with Gasteiger partial charge in [-0.3, -0.25) is 0 Å². The minimum Gasteiger partial charge on any atom is -0.315 e. The minimum atomic E-state index is -4.44. The molecule has 0 saturated carbocycles. The third-order valence-corrected chi connectivity index (χ3v) is 4.34. The normalized spacial score (nSPS) is 11.7. The van der Waals surface area contributed by atoms with Gasteiger partial charge in [-0.1, -0.05) is 64.1 Å². The fraction of sp³-hybridized carbons (Fsp3) is 0.316. The van der Waals surface area contributed by atoms with Gasteiger partial charge in [0.15, 0.2) is 0 Å². The van der Waals surface area contributed by atoms with E-state index in [0.717, 1.165) is 11.1 Å². The molecule has 0 heterocycles. The summed E-state index contributed by atoms with van der Waals surface area (Å²) in [7, 11) is -4.44. The maximum atomic E-state index is 12.8. The molecule has 2 aromatic carbocycles. The summed E-state index contributed by atoms with van der Waals surface area (Å²) >= 11 is 0. The second-order valence-corrected chi connectivity index (χ2v) is 7.76. The van der Waals surface area contributed by atoms with E-state index in [2.05, 4.69) is 4.18 Å². The Morgan fingerprint density at radius 3 is 1.62 bits per heavy atom. The van der Waals surface area contributed by atoms with Crippen LogP contribution >= 0.6 is 0 Å². The molecule has 0 fully saturated rings. The SMILES string of the molecule is CC(C)c1ccccc1N(C(=O)OS(N)(=O)=O)c1ccccc1C(C)C. The summed E-state index contributed by atoms with van der Waals surface area (Å²) in [5, 5.41) is 4.93. The number of rotatable bonds is 5. The predicted molar refractivity (Wildman–Crippen MR) is 103 cm³/mol. The van der Waals surface area contributed by atoms with Crippen LogP contribution in [0.5, 0.6) is 0 Å². The Morgan fingerprint density at radius 2 is 1.27 bits per heavy atom. The molecular weight excluding hydrogens is 352 g/mol. The molecule has 140 valence electrons. The Labute approximate surface area is 154 Å². The van der Waals surface area contributed by atoms with Crippen molar-refractivity contribution in [3.05, 3.63) is 59.7 Å². The third-order valence-electron chi connectivity index (χ3n) is 3.97. The Kier molecular flexibility index (Phi) is 6.05. The quantitative estimate of drug-likeness (QED) is 0.837. The molecule has 7 heteroatoms. The Hall–Kier alpha value is -2.38. The van der Waals surface area contributed by atoms with E-state index in [4.69, 9.17) is 5.14 Å². The fourth-order valence-corrected chi connectivity index (χ4v) is 3.10. The van der Waals surface area contributed by atoms with Gasteiger partial charge in [-0.2, -0.15) is 13.6 Å². The van der Waals surface area contributed by atoms with E-state index in [1.54, 1.807) is 24.3 Å². The lowest BCUT2D eigenvalue weighted by atomic mass is 9.97. The molecule has 1 amide bonds. The minimum absolute atomic E-state index is 0.113. The number of para-hydroxylation sites is 2. The summed E-state index contributed by atoms with van der Waals surface area (Å²) in [6, 6.07) is 14.6. The largest absolute Gasteiger partial charge is 0.435 e. The van der Waals surface area contributed by atoms with Crippen molar-refractivity contribution in [2.45, 2.75) is 39.5 Å². The summed E-state index contributed by atoms with van der Waals surface area (Å²) in [6.45, 7) is 7.99. The van der Waals surface area contributed by atoms with Gasteiger partial charge in [0.25, 0.3) is 0 Å². The van der Waals surface area contributed by atoms with Crippen LogP contribution in [0.3, 0.4) is 0 Å². The van der Waals surface area contributed by atoms with Gasteiger partial charge >= 0.3 is 16.4 Å². The molecule has 0 saturated heterocycles. The van der Waals surface area contributed by atoms with Crippen LogP contribution in [0.4, 0.5) is 16.2 Å². The van der Waals surface area contributed by atoms with Gasteiger partial charge in [-0.05, 0) is 35.1 Å². The van der Waals surface area contributed by atoms with Gasteiger partial charge in [0.2, 0.25) is 0 Å². The molecule has 0 aliphatic carbocycles. The first-order chi connectivity index (χ1) is 12.1. The van der Waals surface area contributed by atoms with Crippen LogP contribution in [0.1, 0.15) is 50.7 Å². The maximum Gasteiger partial charge on any atom is 0.435 e. The van der Waals surface area contributed by atoms with E-state index in [9.17, 15) is 13.2 Å². The maximum absolute atomic E-state index is 12.8. The second kappa shape index (κ2) is 7.88. The fourth-order valence-electron chi connectivity index (χ4n) is 2.82. The van der Waals surface area contributed by atoms with E-state index < -0.39 is 16.4 Å². The molecule has 0 unspecified atom stereocenters. The summed E-state index contributed by atoms with van der Waals surface area (Å²) in [5.74, 6) is 0.226. The van der Waals surface area contributed by atoms with Crippen molar-refractivity contribution in [3.63, 3.8) is 0 Å². The Bertz CT molecular complexity index is 840. The molecule has 26 heavy (non-hydrogen) atoms. The molecule has 6 nitrogen and oxygen atoms in total. The van der Waals surface area contributed by atoms with Crippen LogP contribution < -0.4 is 10.0 Å². The molecule has 0 bridgehead atoms. The standard InChI is InChI=1S/C19H24N2O4S/c1-13(2)15-9-5-7-11-17(15)21(19(22)25-26(20,23)24)18-12-8-6-10-16(18)14(3)4/h5-14H,1-4H3,(H2,20,23,24). The van der Waals surface area contributed by atoms with Crippen LogP contribution in [0.25, 0.3) is 0 Å². The molecule has 0 aromatic heterocycles.